The van der Waals surface area contributed by atoms with Crippen molar-refractivity contribution in [2.75, 3.05) is 22.1 Å². The molecule has 3 rings (SSSR count). The molecule has 1 fully saturated rings. The summed E-state index contributed by atoms with van der Waals surface area (Å²) in [6.45, 7) is 0. The van der Waals surface area contributed by atoms with Crippen LogP contribution in [0.3, 0.4) is 0 Å². The number of amides is 1. The molecule has 1 aliphatic heterocycles. The van der Waals surface area contributed by atoms with Gasteiger partial charge in [-0.25, -0.2) is 18.4 Å². The molecule has 0 saturated carbocycles. The number of nitrogens with one attached hydrogen (secondary N) is 2. The molecule has 1 aromatic heterocycles. The van der Waals surface area contributed by atoms with Crippen LogP contribution < -0.4 is 10.6 Å². The third kappa shape index (κ3) is 4.21. The third-order valence-corrected chi connectivity index (χ3v) is 5.61. The molecule has 1 amide bonds. The Morgan fingerprint density at radius 1 is 1.21 bits per heavy atom. The van der Waals surface area contributed by atoms with Crippen molar-refractivity contribution in [3.8, 4) is 0 Å². The van der Waals surface area contributed by atoms with Gasteiger partial charge in [0.1, 0.15) is 17.8 Å². The summed E-state index contributed by atoms with van der Waals surface area (Å²) >= 11 is 5.80. The molecule has 0 spiro atoms. The first-order chi connectivity index (χ1) is 11.4. The highest BCUT2D eigenvalue weighted by molar-refractivity contribution is 7.91. The second-order valence-corrected chi connectivity index (χ2v) is 8.16. The Labute approximate surface area is 144 Å². The summed E-state index contributed by atoms with van der Waals surface area (Å²) in [7, 11) is -2.98. The van der Waals surface area contributed by atoms with Crippen LogP contribution in [-0.4, -0.2) is 41.8 Å². The first-order valence-corrected chi connectivity index (χ1v) is 9.47. The maximum Gasteiger partial charge on any atom is 0.274 e. The summed E-state index contributed by atoms with van der Waals surface area (Å²) in [6, 6.07) is 8.01. The molecule has 7 nitrogen and oxygen atoms in total. The van der Waals surface area contributed by atoms with Crippen molar-refractivity contribution in [1.29, 1.82) is 0 Å². The maximum atomic E-state index is 12.2. The summed E-state index contributed by atoms with van der Waals surface area (Å²) in [4.78, 5) is 20.2. The molecule has 1 aliphatic rings. The van der Waals surface area contributed by atoms with Crippen LogP contribution in [-0.2, 0) is 9.84 Å². The van der Waals surface area contributed by atoms with Crippen molar-refractivity contribution < 1.29 is 13.2 Å². The number of sulfone groups is 1. The molecule has 2 aromatic rings. The second-order valence-electron chi connectivity index (χ2n) is 5.49. The van der Waals surface area contributed by atoms with Crippen molar-refractivity contribution in [3.63, 3.8) is 0 Å². The van der Waals surface area contributed by atoms with E-state index < -0.39 is 9.84 Å². The molecule has 0 radical (unpaired) electrons. The minimum absolute atomic E-state index is 0.0727. The molecule has 0 bridgehead atoms. The zero-order valence-electron chi connectivity index (χ0n) is 12.6. The van der Waals surface area contributed by atoms with Gasteiger partial charge in [-0.3, -0.25) is 4.79 Å². The van der Waals surface area contributed by atoms with Gasteiger partial charge in [0.25, 0.3) is 5.91 Å². The van der Waals surface area contributed by atoms with Crippen molar-refractivity contribution >= 4 is 38.9 Å². The molecule has 2 heterocycles. The average molecular weight is 367 g/mol. The molecule has 24 heavy (non-hydrogen) atoms. The van der Waals surface area contributed by atoms with Gasteiger partial charge in [-0.1, -0.05) is 11.6 Å². The summed E-state index contributed by atoms with van der Waals surface area (Å²) < 4.78 is 23.0. The third-order valence-electron chi connectivity index (χ3n) is 3.59. The number of hydrogen-bond donors (Lipinski definition) is 2. The zero-order chi connectivity index (χ0) is 17.2. The van der Waals surface area contributed by atoms with Gasteiger partial charge in [0.2, 0.25) is 0 Å². The number of nitrogens with zero attached hydrogens (tertiary/aromatic N) is 2. The summed E-state index contributed by atoms with van der Waals surface area (Å²) in [6.07, 6.45) is 1.79. The van der Waals surface area contributed by atoms with Crippen LogP contribution in [0.15, 0.2) is 36.7 Å². The lowest BCUT2D eigenvalue weighted by Gasteiger charge is -2.12. The topological polar surface area (TPSA) is 101 Å². The molecule has 1 aromatic carbocycles. The normalized spacial score (nSPS) is 19.0. The van der Waals surface area contributed by atoms with E-state index in [1.807, 2.05) is 0 Å². The number of aromatic nitrogens is 2. The molecular formula is C15H15ClN4O3S. The van der Waals surface area contributed by atoms with Crippen LogP contribution in [0.2, 0.25) is 5.02 Å². The van der Waals surface area contributed by atoms with Gasteiger partial charge in [-0.05, 0) is 30.7 Å². The van der Waals surface area contributed by atoms with E-state index in [4.69, 9.17) is 11.6 Å². The van der Waals surface area contributed by atoms with Crippen LogP contribution in [0, 0.1) is 0 Å². The van der Waals surface area contributed by atoms with Crippen LogP contribution in [0.5, 0.6) is 0 Å². The Balaban J connectivity index is 1.68. The Hall–Kier alpha value is -2.19. The van der Waals surface area contributed by atoms with Crippen molar-refractivity contribution in [3.05, 3.63) is 47.4 Å². The predicted octanol–water partition coefficient (Wildman–Crippen LogP) is 1.98. The minimum Gasteiger partial charge on any atom is -0.366 e. The quantitative estimate of drug-likeness (QED) is 0.858. The largest absolute Gasteiger partial charge is 0.366 e. The fourth-order valence-corrected chi connectivity index (χ4v) is 4.21. The summed E-state index contributed by atoms with van der Waals surface area (Å²) in [5, 5.41) is 6.32. The number of anilines is 2. The van der Waals surface area contributed by atoms with Crippen LogP contribution in [0.1, 0.15) is 16.9 Å². The van der Waals surface area contributed by atoms with E-state index in [-0.39, 0.29) is 29.1 Å². The van der Waals surface area contributed by atoms with Crippen molar-refractivity contribution in [2.45, 2.75) is 12.5 Å². The molecule has 1 saturated heterocycles. The van der Waals surface area contributed by atoms with Gasteiger partial charge in [0, 0.05) is 22.8 Å². The SMILES string of the molecule is O=C(Nc1ccc(Cl)cc1)c1cc(NC2CCS(=O)(=O)C2)ncn1. The first kappa shape index (κ1) is 16.7. The summed E-state index contributed by atoms with van der Waals surface area (Å²) in [5.74, 6) is 0.276. The highest BCUT2D eigenvalue weighted by Gasteiger charge is 2.28. The first-order valence-electron chi connectivity index (χ1n) is 7.27. The molecule has 126 valence electrons. The Kier molecular flexibility index (Phi) is 4.68. The average Bonchev–Trinajstić information content (AvgIpc) is 2.88. The van der Waals surface area contributed by atoms with E-state index in [9.17, 15) is 13.2 Å². The van der Waals surface area contributed by atoms with E-state index in [0.717, 1.165) is 0 Å². The monoisotopic (exact) mass is 366 g/mol. The fraction of sp³-hybridized carbons (Fsp3) is 0.267. The standard InChI is InChI=1S/C15H15ClN4O3S/c16-10-1-3-11(4-2-10)20-15(21)13-7-14(18-9-17-13)19-12-5-6-24(22,23)8-12/h1-4,7,9,12H,5-6,8H2,(H,20,21)(H,17,18,19). The lowest BCUT2D eigenvalue weighted by molar-refractivity contribution is 0.102. The van der Waals surface area contributed by atoms with Gasteiger partial charge in [0.15, 0.2) is 9.84 Å². The van der Waals surface area contributed by atoms with Crippen molar-refractivity contribution in [1.82, 2.24) is 9.97 Å². The highest BCUT2D eigenvalue weighted by atomic mass is 35.5. The molecule has 1 unspecified atom stereocenters. The van der Waals surface area contributed by atoms with Gasteiger partial charge in [-0.15, -0.1) is 0 Å². The number of carbonyl (C=O) groups is 1. The number of halogens is 1. The van der Waals surface area contributed by atoms with Crippen LogP contribution >= 0.6 is 11.6 Å². The smallest absolute Gasteiger partial charge is 0.274 e. The molecular weight excluding hydrogens is 352 g/mol. The van der Waals surface area contributed by atoms with Gasteiger partial charge >= 0.3 is 0 Å². The lowest BCUT2D eigenvalue weighted by atomic mass is 10.2. The van der Waals surface area contributed by atoms with Gasteiger partial charge in [-0.2, -0.15) is 0 Å². The fourth-order valence-electron chi connectivity index (χ4n) is 2.41. The molecule has 9 heteroatoms. The van der Waals surface area contributed by atoms with Crippen LogP contribution in [0.4, 0.5) is 11.5 Å². The second kappa shape index (κ2) is 6.74. The van der Waals surface area contributed by atoms with Gasteiger partial charge in [0.05, 0.1) is 11.5 Å². The van der Waals surface area contributed by atoms with E-state index in [1.165, 1.54) is 12.4 Å². The maximum absolute atomic E-state index is 12.2. The Morgan fingerprint density at radius 3 is 2.62 bits per heavy atom. The minimum atomic E-state index is -2.98. The predicted molar refractivity (Wildman–Crippen MR) is 92.1 cm³/mol. The number of carbonyl (C=O) groups excluding carboxylic acids is 1. The molecule has 0 aliphatic carbocycles. The van der Waals surface area contributed by atoms with E-state index >= 15 is 0 Å². The Morgan fingerprint density at radius 2 is 1.96 bits per heavy atom. The molecule has 2 N–H and O–H groups in total. The zero-order valence-corrected chi connectivity index (χ0v) is 14.1. The number of hydrogen-bond acceptors (Lipinski definition) is 6. The number of benzene rings is 1. The van der Waals surface area contributed by atoms with Crippen LogP contribution in [0.25, 0.3) is 0 Å². The molecule has 1 atom stereocenters. The summed E-state index contributed by atoms with van der Waals surface area (Å²) in [5.41, 5.74) is 0.780. The number of rotatable bonds is 4. The highest BCUT2D eigenvalue weighted by Crippen LogP contribution is 2.17. The Bertz CT molecular complexity index is 855. The van der Waals surface area contributed by atoms with Gasteiger partial charge < -0.3 is 10.6 Å². The van der Waals surface area contributed by atoms with E-state index in [2.05, 4.69) is 20.6 Å². The van der Waals surface area contributed by atoms with E-state index in [1.54, 1.807) is 24.3 Å². The lowest BCUT2D eigenvalue weighted by Crippen LogP contribution is -2.22. The van der Waals surface area contributed by atoms with Crippen molar-refractivity contribution in [2.24, 2.45) is 0 Å². The van der Waals surface area contributed by atoms with E-state index in [0.29, 0.717) is 22.9 Å².